The first-order valence-corrected chi connectivity index (χ1v) is 5.25. The SMILES string of the molecule is O=C(O)C(=O)Oc1cc(Cl)c(Cl)c(C(=O)O)c1Cl. The van der Waals surface area contributed by atoms with E-state index in [1.807, 2.05) is 0 Å². The number of halogens is 3. The molecule has 0 fully saturated rings. The molecule has 0 saturated heterocycles. The molecule has 0 amide bonds. The molecular weight excluding hydrogens is 310 g/mol. The highest BCUT2D eigenvalue weighted by molar-refractivity contribution is 6.46. The first-order chi connectivity index (χ1) is 8.25. The second kappa shape index (κ2) is 5.43. The van der Waals surface area contributed by atoms with Crippen molar-refractivity contribution in [3.63, 3.8) is 0 Å². The summed E-state index contributed by atoms with van der Waals surface area (Å²) in [6, 6.07) is 0.944. The van der Waals surface area contributed by atoms with Crippen molar-refractivity contribution in [3.8, 4) is 5.75 Å². The molecule has 0 radical (unpaired) electrons. The van der Waals surface area contributed by atoms with Crippen molar-refractivity contribution >= 4 is 52.7 Å². The van der Waals surface area contributed by atoms with E-state index < -0.39 is 34.2 Å². The van der Waals surface area contributed by atoms with Gasteiger partial charge in [0.15, 0.2) is 5.75 Å². The number of esters is 1. The van der Waals surface area contributed by atoms with Crippen LogP contribution in [0, 0.1) is 0 Å². The molecule has 0 heterocycles. The third-order valence-corrected chi connectivity index (χ3v) is 2.88. The van der Waals surface area contributed by atoms with E-state index in [0.29, 0.717) is 0 Å². The Balaban J connectivity index is 3.35. The Morgan fingerprint density at radius 1 is 1.06 bits per heavy atom. The predicted octanol–water partition coefficient (Wildman–Crippen LogP) is 2.33. The van der Waals surface area contributed by atoms with E-state index in [1.165, 1.54) is 0 Å². The summed E-state index contributed by atoms with van der Waals surface area (Å²) in [6.45, 7) is 0. The number of carbonyl (C=O) groups excluding carboxylic acids is 1. The van der Waals surface area contributed by atoms with Crippen LogP contribution in [0.15, 0.2) is 6.07 Å². The summed E-state index contributed by atoms with van der Waals surface area (Å²) in [5, 5.41) is 16.1. The van der Waals surface area contributed by atoms with Crippen molar-refractivity contribution in [3.05, 3.63) is 26.7 Å². The van der Waals surface area contributed by atoms with Crippen molar-refractivity contribution in [2.75, 3.05) is 0 Å². The van der Waals surface area contributed by atoms with Crippen LogP contribution in [0.4, 0.5) is 0 Å². The van der Waals surface area contributed by atoms with Crippen LogP contribution in [0.1, 0.15) is 10.4 Å². The van der Waals surface area contributed by atoms with Crippen molar-refractivity contribution in [1.82, 2.24) is 0 Å². The molecular formula is C9H3Cl3O6. The molecule has 1 aromatic rings. The fourth-order valence-corrected chi connectivity index (χ4v) is 1.73. The number of carbonyl (C=O) groups is 3. The zero-order chi connectivity index (χ0) is 14.0. The molecule has 0 aliphatic rings. The molecule has 0 spiro atoms. The van der Waals surface area contributed by atoms with Crippen LogP contribution in [0.25, 0.3) is 0 Å². The zero-order valence-corrected chi connectivity index (χ0v) is 10.5. The van der Waals surface area contributed by atoms with E-state index in [-0.39, 0.29) is 10.0 Å². The van der Waals surface area contributed by atoms with E-state index in [1.54, 1.807) is 0 Å². The molecule has 0 saturated carbocycles. The number of ether oxygens (including phenoxy) is 1. The normalized spacial score (nSPS) is 9.94. The van der Waals surface area contributed by atoms with E-state index >= 15 is 0 Å². The molecule has 0 aliphatic carbocycles. The van der Waals surface area contributed by atoms with Crippen LogP contribution in [0.5, 0.6) is 5.75 Å². The van der Waals surface area contributed by atoms with Crippen LogP contribution in [-0.2, 0) is 9.59 Å². The van der Waals surface area contributed by atoms with Crippen LogP contribution >= 0.6 is 34.8 Å². The Bertz CT molecular complexity index is 554. The quantitative estimate of drug-likeness (QED) is 0.376. The summed E-state index contributed by atoms with van der Waals surface area (Å²) < 4.78 is 4.36. The molecule has 2 N–H and O–H groups in total. The molecule has 0 aliphatic heterocycles. The lowest BCUT2D eigenvalue weighted by Gasteiger charge is -2.09. The van der Waals surface area contributed by atoms with E-state index in [2.05, 4.69) is 4.74 Å². The van der Waals surface area contributed by atoms with Gasteiger partial charge < -0.3 is 14.9 Å². The average molecular weight is 313 g/mol. The van der Waals surface area contributed by atoms with Crippen molar-refractivity contribution in [2.24, 2.45) is 0 Å². The lowest BCUT2D eigenvalue weighted by Crippen LogP contribution is -2.19. The smallest absolute Gasteiger partial charge is 0.422 e. The zero-order valence-electron chi connectivity index (χ0n) is 8.24. The maximum absolute atomic E-state index is 10.9. The van der Waals surface area contributed by atoms with Gasteiger partial charge in [0.25, 0.3) is 0 Å². The molecule has 9 heteroatoms. The summed E-state index contributed by atoms with van der Waals surface area (Å²) in [5.74, 6) is -5.50. The number of benzene rings is 1. The highest BCUT2D eigenvalue weighted by Crippen LogP contribution is 2.38. The first kappa shape index (κ1) is 14.6. The Kier molecular flexibility index (Phi) is 4.39. The van der Waals surface area contributed by atoms with Crippen LogP contribution in [-0.4, -0.2) is 28.1 Å². The summed E-state index contributed by atoms with van der Waals surface area (Å²) in [6.07, 6.45) is 0. The van der Waals surface area contributed by atoms with Gasteiger partial charge in [0.2, 0.25) is 0 Å². The molecule has 6 nitrogen and oxygen atoms in total. The fraction of sp³-hybridized carbons (Fsp3) is 0. The fourth-order valence-electron chi connectivity index (χ4n) is 0.986. The minimum atomic E-state index is -1.87. The maximum Gasteiger partial charge on any atom is 0.422 e. The number of carboxylic acid groups (broad SMARTS) is 2. The molecule has 0 aromatic heterocycles. The standard InChI is InChI=1S/C9H3Cl3O6/c10-2-1-3(18-9(17)8(15)16)6(12)4(5(2)11)7(13)14/h1H,(H,13,14)(H,15,16). The van der Waals surface area contributed by atoms with Crippen molar-refractivity contribution < 1.29 is 29.3 Å². The Hall–Kier alpha value is -1.50. The monoisotopic (exact) mass is 312 g/mol. The van der Waals surface area contributed by atoms with Gasteiger partial charge in [0.1, 0.15) is 5.56 Å². The third-order valence-electron chi connectivity index (χ3n) is 1.71. The van der Waals surface area contributed by atoms with E-state index in [4.69, 9.17) is 45.0 Å². The number of aliphatic carboxylic acids is 1. The van der Waals surface area contributed by atoms with E-state index in [0.717, 1.165) is 6.07 Å². The number of aromatic carboxylic acids is 1. The van der Waals surface area contributed by atoms with Gasteiger partial charge in [-0.2, -0.15) is 0 Å². The van der Waals surface area contributed by atoms with Gasteiger partial charge in [0.05, 0.1) is 15.1 Å². The molecule has 1 aromatic carbocycles. The van der Waals surface area contributed by atoms with Gasteiger partial charge in [-0.3, -0.25) is 0 Å². The highest BCUT2D eigenvalue weighted by Gasteiger charge is 2.24. The number of hydrogen-bond acceptors (Lipinski definition) is 4. The lowest BCUT2D eigenvalue weighted by molar-refractivity contribution is -0.158. The van der Waals surface area contributed by atoms with E-state index in [9.17, 15) is 14.4 Å². The van der Waals surface area contributed by atoms with Gasteiger partial charge in [0, 0.05) is 6.07 Å². The van der Waals surface area contributed by atoms with Crippen LogP contribution in [0.3, 0.4) is 0 Å². The molecule has 1 rings (SSSR count). The third kappa shape index (κ3) is 2.84. The van der Waals surface area contributed by atoms with Crippen molar-refractivity contribution in [1.29, 1.82) is 0 Å². The topological polar surface area (TPSA) is 101 Å². The molecule has 0 bridgehead atoms. The summed E-state index contributed by atoms with van der Waals surface area (Å²) in [5.41, 5.74) is -0.584. The number of hydrogen-bond donors (Lipinski definition) is 2. The number of rotatable bonds is 2. The van der Waals surface area contributed by atoms with Crippen LogP contribution in [0.2, 0.25) is 15.1 Å². The Morgan fingerprint density at radius 2 is 1.61 bits per heavy atom. The largest absolute Gasteiger partial charge is 0.478 e. The second-order valence-electron chi connectivity index (χ2n) is 2.86. The summed E-state index contributed by atoms with van der Waals surface area (Å²) in [4.78, 5) is 32.0. The van der Waals surface area contributed by atoms with Crippen molar-refractivity contribution in [2.45, 2.75) is 0 Å². The predicted molar refractivity (Wildman–Crippen MR) is 61.7 cm³/mol. The van der Waals surface area contributed by atoms with Gasteiger partial charge in [-0.15, -0.1) is 0 Å². The molecule has 0 unspecified atom stereocenters. The highest BCUT2D eigenvalue weighted by atomic mass is 35.5. The maximum atomic E-state index is 10.9. The first-order valence-electron chi connectivity index (χ1n) is 4.11. The van der Waals surface area contributed by atoms with Gasteiger partial charge in [-0.05, 0) is 0 Å². The Labute approximate surface area is 115 Å². The minimum absolute atomic E-state index is 0.244. The minimum Gasteiger partial charge on any atom is -0.478 e. The second-order valence-corrected chi connectivity index (χ2v) is 4.02. The molecule has 96 valence electrons. The van der Waals surface area contributed by atoms with Gasteiger partial charge in [-0.1, -0.05) is 34.8 Å². The number of carboxylic acids is 2. The van der Waals surface area contributed by atoms with Crippen LogP contribution < -0.4 is 4.74 Å². The summed E-state index contributed by atoms with van der Waals surface area (Å²) >= 11 is 16.9. The average Bonchev–Trinajstić information content (AvgIpc) is 2.25. The molecule has 0 atom stereocenters. The lowest BCUT2D eigenvalue weighted by atomic mass is 10.2. The van der Waals surface area contributed by atoms with Gasteiger partial charge in [-0.25, -0.2) is 14.4 Å². The van der Waals surface area contributed by atoms with Gasteiger partial charge >= 0.3 is 17.9 Å². The Morgan fingerprint density at radius 3 is 2.06 bits per heavy atom. The molecule has 18 heavy (non-hydrogen) atoms. The summed E-state index contributed by atoms with van der Waals surface area (Å²) in [7, 11) is 0.